The van der Waals surface area contributed by atoms with Crippen LogP contribution in [0.4, 0.5) is 0 Å². The van der Waals surface area contributed by atoms with Gasteiger partial charge >= 0.3 is 0 Å². The van der Waals surface area contributed by atoms with Gasteiger partial charge < -0.3 is 10.5 Å². The molecule has 5 heteroatoms. The summed E-state index contributed by atoms with van der Waals surface area (Å²) in [4.78, 5) is 12.1. The van der Waals surface area contributed by atoms with Crippen LogP contribution in [0.1, 0.15) is 11.1 Å². The average Bonchev–Trinajstić information content (AvgIpc) is 2.47. The molecule has 0 aliphatic heterocycles. The lowest BCUT2D eigenvalue weighted by Crippen LogP contribution is -2.29. The van der Waals surface area contributed by atoms with Crippen LogP contribution in [0.2, 0.25) is 0 Å². The van der Waals surface area contributed by atoms with E-state index >= 15 is 0 Å². The molecule has 0 bridgehead atoms. The van der Waals surface area contributed by atoms with Crippen LogP contribution < -0.4 is 11.3 Å². The van der Waals surface area contributed by atoms with E-state index in [4.69, 9.17) is 10.5 Å². The number of ether oxygens (including phenoxy) is 1. The van der Waals surface area contributed by atoms with Crippen molar-refractivity contribution in [2.75, 3.05) is 13.7 Å². The van der Waals surface area contributed by atoms with E-state index in [2.05, 4.69) is 5.10 Å². The fraction of sp³-hybridized carbons (Fsp3) is 0.333. The first-order valence-corrected chi connectivity index (χ1v) is 6.53. The van der Waals surface area contributed by atoms with Gasteiger partial charge in [0.1, 0.15) is 0 Å². The molecule has 1 aromatic heterocycles. The molecule has 1 aromatic carbocycles. The summed E-state index contributed by atoms with van der Waals surface area (Å²) in [5.41, 5.74) is 8.96. The van der Waals surface area contributed by atoms with Gasteiger partial charge in [-0.25, -0.2) is 4.68 Å². The predicted molar refractivity (Wildman–Crippen MR) is 78.4 cm³/mol. The Kier molecular flexibility index (Phi) is 4.65. The SMILES string of the molecule is COCCn1nc(-c2ccc(C)cc2)cc(CN)c1=O. The largest absolute Gasteiger partial charge is 0.383 e. The zero-order valence-corrected chi connectivity index (χ0v) is 11.8. The Morgan fingerprint density at radius 2 is 2.00 bits per heavy atom. The van der Waals surface area contributed by atoms with Gasteiger partial charge in [0.15, 0.2) is 0 Å². The third kappa shape index (κ3) is 3.12. The highest BCUT2D eigenvalue weighted by Gasteiger charge is 2.08. The van der Waals surface area contributed by atoms with Gasteiger partial charge in [0, 0.05) is 24.8 Å². The number of rotatable bonds is 5. The molecule has 0 atom stereocenters. The zero-order chi connectivity index (χ0) is 14.5. The molecule has 0 radical (unpaired) electrons. The number of nitrogens with zero attached hydrogens (tertiary/aromatic N) is 2. The molecular weight excluding hydrogens is 254 g/mol. The van der Waals surface area contributed by atoms with Crippen molar-refractivity contribution >= 4 is 0 Å². The Labute approximate surface area is 118 Å². The Balaban J connectivity index is 2.47. The molecule has 0 saturated carbocycles. The lowest BCUT2D eigenvalue weighted by atomic mass is 10.1. The van der Waals surface area contributed by atoms with Crippen molar-refractivity contribution in [1.29, 1.82) is 0 Å². The Bertz CT molecular complexity index is 633. The highest BCUT2D eigenvalue weighted by atomic mass is 16.5. The molecule has 5 nitrogen and oxygen atoms in total. The van der Waals surface area contributed by atoms with E-state index in [9.17, 15) is 4.79 Å². The number of methoxy groups -OCH3 is 1. The molecule has 2 rings (SSSR count). The molecule has 106 valence electrons. The van der Waals surface area contributed by atoms with Gasteiger partial charge in [0.25, 0.3) is 5.56 Å². The van der Waals surface area contributed by atoms with E-state index in [1.807, 2.05) is 31.2 Å². The van der Waals surface area contributed by atoms with Crippen molar-refractivity contribution < 1.29 is 4.74 Å². The summed E-state index contributed by atoms with van der Waals surface area (Å²) >= 11 is 0. The highest BCUT2D eigenvalue weighted by molar-refractivity contribution is 5.59. The Morgan fingerprint density at radius 1 is 1.30 bits per heavy atom. The summed E-state index contributed by atoms with van der Waals surface area (Å²) in [6, 6.07) is 9.77. The lowest BCUT2D eigenvalue weighted by molar-refractivity contribution is 0.182. The molecule has 0 saturated heterocycles. The maximum atomic E-state index is 12.1. The van der Waals surface area contributed by atoms with Gasteiger partial charge in [-0.3, -0.25) is 4.79 Å². The van der Waals surface area contributed by atoms with Crippen molar-refractivity contribution in [2.45, 2.75) is 20.0 Å². The van der Waals surface area contributed by atoms with Crippen LogP contribution in [0.5, 0.6) is 0 Å². The molecule has 0 aliphatic carbocycles. The maximum absolute atomic E-state index is 12.1. The van der Waals surface area contributed by atoms with Gasteiger partial charge in [-0.2, -0.15) is 5.10 Å². The summed E-state index contributed by atoms with van der Waals surface area (Å²) in [6.07, 6.45) is 0. The standard InChI is InChI=1S/C15H19N3O2/c1-11-3-5-12(6-4-11)14-9-13(10-16)15(19)18(17-14)7-8-20-2/h3-6,9H,7-8,10,16H2,1-2H3. The molecule has 0 unspecified atom stereocenters. The summed E-state index contributed by atoms with van der Waals surface area (Å²) in [6.45, 7) is 3.09. The summed E-state index contributed by atoms with van der Waals surface area (Å²) in [7, 11) is 1.60. The zero-order valence-electron chi connectivity index (χ0n) is 11.8. The minimum atomic E-state index is -0.152. The molecule has 1 heterocycles. The van der Waals surface area contributed by atoms with Gasteiger partial charge in [0.2, 0.25) is 0 Å². The van der Waals surface area contributed by atoms with Gasteiger partial charge in [0.05, 0.1) is 18.8 Å². The average molecular weight is 273 g/mol. The van der Waals surface area contributed by atoms with Crippen LogP contribution in [0.3, 0.4) is 0 Å². The smallest absolute Gasteiger partial charge is 0.271 e. The van der Waals surface area contributed by atoms with Crippen LogP contribution in [0.25, 0.3) is 11.3 Å². The molecular formula is C15H19N3O2. The van der Waals surface area contributed by atoms with Crippen LogP contribution in [0.15, 0.2) is 35.1 Å². The summed E-state index contributed by atoms with van der Waals surface area (Å²) < 4.78 is 6.42. The van der Waals surface area contributed by atoms with Crippen LogP contribution in [-0.2, 0) is 17.8 Å². The third-order valence-corrected chi connectivity index (χ3v) is 3.12. The van der Waals surface area contributed by atoms with Crippen LogP contribution in [-0.4, -0.2) is 23.5 Å². The maximum Gasteiger partial charge on any atom is 0.271 e. The number of benzene rings is 1. The molecule has 0 amide bonds. The molecule has 2 aromatic rings. The molecule has 0 aliphatic rings. The number of aromatic nitrogens is 2. The van der Waals surface area contributed by atoms with Gasteiger partial charge in [-0.15, -0.1) is 0 Å². The molecule has 0 spiro atoms. The molecule has 0 fully saturated rings. The van der Waals surface area contributed by atoms with E-state index in [0.29, 0.717) is 18.7 Å². The van der Waals surface area contributed by atoms with E-state index in [0.717, 1.165) is 11.3 Å². The van der Waals surface area contributed by atoms with Crippen molar-refractivity contribution in [3.8, 4) is 11.3 Å². The Morgan fingerprint density at radius 3 is 2.60 bits per heavy atom. The van der Waals surface area contributed by atoms with Crippen LogP contribution >= 0.6 is 0 Å². The monoisotopic (exact) mass is 273 g/mol. The minimum absolute atomic E-state index is 0.152. The summed E-state index contributed by atoms with van der Waals surface area (Å²) in [5.74, 6) is 0. The Hall–Kier alpha value is -1.98. The first-order chi connectivity index (χ1) is 9.65. The van der Waals surface area contributed by atoms with Crippen molar-refractivity contribution in [2.24, 2.45) is 5.73 Å². The number of hydrogen-bond acceptors (Lipinski definition) is 4. The van der Waals surface area contributed by atoms with Crippen molar-refractivity contribution in [1.82, 2.24) is 9.78 Å². The van der Waals surface area contributed by atoms with Gasteiger partial charge in [-0.1, -0.05) is 29.8 Å². The number of aryl methyl sites for hydroxylation is 1. The second-order valence-corrected chi connectivity index (χ2v) is 4.65. The third-order valence-electron chi connectivity index (χ3n) is 3.12. The fourth-order valence-electron chi connectivity index (χ4n) is 1.94. The predicted octanol–water partition coefficient (Wildman–Crippen LogP) is 1.32. The van der Waals surface area contributed by atoms with Crippen molar-refractivity contribution in [3.05, 3.63) is 51.8 Å². The van der Waals surface area contributed by atoms with E-state index in [-0.39, 0.29) is 12.1 Å². The van der Waals surface area contributed by atoms with Crippen LogP contribution in [0, 0.1) is 6.92 Å². The summed E-state index contributed by atoms with van der Waals surface area (Å²) in [5, 5.41) is 4.39. The highest BCUT2D eigenvalue weighted by Crippen LogP contribution is 2.17. The minimum Gasteiger partial charge on any atom is -0.383 e. The number of nitrogens with two attached hydrogens (primary N) is 1. The topological polar surface area (TPSA) is 70.1 Å². The molecule has 20 heavy (non-hydrogen) atoms. The fourth-order valence-corrected chi connectivity index (χ4v) is 1.94. The van der Waals surface area contributed by atoms with E-state index in [1.54, 1.807) is 13.2 Å². The molecule has 2 N–H and O–H groups in total. The van der Waals surface area contributed by atoms with E-state index in [1.165, 1.54) is 10.2 Å². The van der Waals surface area contributed by atoms with Gasteiger partial charge in [-0.05, 0) is 13.0 Å². The second-order valence-electron chi connectivity index (χ2n) is 4.65. The quantitative estimate of drug-likeness (QED) is 0.892. The second kappa shape index (κ2) is 6.45. The first-order valence-electron chi connectivity index (χ1n) is 6.53. The lowest BCUT2D eigenvalue weighted by Gasteiger charge is -2.10. The normalized spacial score (nSPS) is 10.8. The van der Waals surface area contributed by atoms with Crippen molar-refractivity contribution in [3.63, 3.8) is 0 Å². The number of hydrogen-bond donors (Lipinski definition) is 1. The first kappa shape index (κ1) is 14.4. The van der Waals surface area contributed by atoms with E-state index < -0.39 is 0 Å².